The molecule has 0 radical (unpaired) electrons. The van der Waals surface area contributed by atoms with Gasteiger partial charge in [-0.25, -0.2) is 4.99 Å². The van der Waals surface area contributed by atoms with E-state index < -0.39 is 5.60 Å². The third kappa shape index (κ3) is 5.76. The molecule has 0 bridgehead atoms. The molecule has 5 nitrogen and oxygen atoms in total. The molecule has 1 atom stereocenters. The van der Waals surface area contributed by atoms with E-state index in [9.17, 15) is 5.11 Å². The van der Waals surface area contributed by atoms with Gasteiger partial charge in [0, 0.05) is 26.3 Å². The lowest BCUT2D eigenvalue weighted by Gasteiger charge is -2.24. The second-order valence-electron chi connectivity index (χ2n) is 6.40. The first-order valence-electron chi connectivity index (χ1n) is 8.46. The van der Waals surface area contributed by atoms with Crippen LogP contribution in [0.1, 0.15) is 25.0 Å². The van der Waals surface area contributed by atoms with E-state index in [1.807, 2.05) is 44.8 Å². The Morgan fingerprint density at radius 2 is 1.92 bits per heavy atom. The van der Waals surface area contributed by atoms with Crippen molar-refractivity contribution < 1.29 is 5.11 Å². The summed E-state index contributed by atoms with van der Waals surface area (Å²) in [5.74, 6) is 0.703. The molecule has 2 rings (SSSR count). The zero-order valence-electron chi connectivity index (χ0n) is 15.4. The number of nitrogens with one attached hydrogen (secondary N) is 2. The van der Waals surface area contributed by atoms with Gasteiger partial charge in [-0.05, 0) is 53.9 Å². The third-order valence-corrected chi connectivity index (χ3v) is 4.64. The van der Waals surface area contributed by atoms with Crippen molar-refractivity contribution in [1.29, 1.82) is 0 Å². The van der Waals surface area contributed by atoms with Gasteiger partial charge in [-0.1, -0.05) is 12.1 Å². The monoisotopic (exact) mass is 360 g/mol. The number of nitrogens with zero attached hydrogens (tertiary/aromatic N) is 2. The van der Waals surface area contributed by atoms with Gasteiger partial charge in [-0.15, -0.1) is 0 Å². The molecule has 25 heavy (non-hydrogen) atoms. The van der Waals surface area contributed by atoms with E-state index in [0.29, 0.717) is 19.0 Å². The first-order valence-corrected chi connectivity index (χ1v) is 9.40. The van der Waals surface area contributed by atoms with Crippen LogP contribution in [-0.2, 0) is 12.1 Å². The maximum Gasteiger partial charge on any atom is 0.191 e. The van der Waals surface area contributed by atoms with Crippen molar-refractivity contribution >= 4 is 23.0 Å². The lowest BCUT2D eigenvalue weighted by atomic mass is 9.99. The van der Waals surface area contributed by atoms with Crippen LogP contribution < -0.4 is 15.5 Å². The Bertz CT molecular complexity index is 663. The van der Waals surface area contributed by atoms with Crippen LogP contribution in [0.4, 0.5) is 5.69 Å². The van der Waals surface area contributed by atoms with E-state index in [1.54, 1.807) is 11.3 Å². The van der Waals surface area contributed by atoms with Gasteiger partial charge in [0.25, 0.3) is 0 Å². The predicted molar refractivity (Wildman–Crippen MR) is 107 cm³/mol. The van der Waals surface area contributed by atoms with E-state index in [1.165, 1.54) is 5.69 Å². The maximum atomic E-state index is 10.6. The molecule has 1 heterocycles. The summed E-state index contributed by atoms with van der Waals surface area (Å²) in [6, 6.07) is 10.3. The number of aliphatic hydroxyl groups is 1. The maximum absolute atomic E-state index is 10.6. The van der Waals surface area contributed by atoms with Crippen molar-refractivity contribution in [3.63, 3.8) is 0 Å². The van der Waals surface area contributed by atoms with E-state index in [2.05, 4.69) is 44.8 Å². The second-order valence-corrected chi connectivity index (χ2v) is 7.18. The van der Waals surface area contributed by atoms with Crippen LogP contribution in [-0.4, -0.2) is 38.3 Å². The van der Waals surface area contributed by atoms with Crippen LogP contribution in [0.3, 0.4) is 0 Å². The highest BCUT2D eigenvalue weighted by atomic mass is 32.1. The Labute approximate surface area is 154 Å². The highest BCUT2D eigenvalue weighted by Gasteiger charge is 2.23. The molecule has 0 fully saturated rings. The van der Waals surface area contributed by atoms with Crippen molar-refractivity contribution in [1.82, 2.24) is 10.6 Å². The first kappa shape index (κ1) is 19.3. The summed E-state index contributed by atoms with van der Waals surface area (Å²) in [5, 5.41) is 21.0. The minimum absolute atomic E-state index is 0.398. The van der Waals surface area contributed by atoms with Crippen molar-refractivity contribution in [3.05, 3.63) is 52.2 Å². The molecule has 1 aromatic heterocycles. The van der Waals surface area contributed by atoms with E-state index in [-0.39, 0.29) is 0 Å². The molecule has 6 heteroatoms. The smallest absolute Gasteiger partial charge is 0.191 e. The molecule has 0 aliphatic heterocycles. The van der Waals surface area contributed by atoms with Gasteiger partial charge < -0.3 is 20.6 Å². The van der Waals surface area contributed by atoms with Gasteiger partial charge in [0.2, 0.25) is 0 Å². The quantitative estimate of drug-likeness (QED) is 0.525. The van der Waals surface area contributed by atoms with E-state index >= 15 is 0 Å². The minimum atomic E-state index is -0.927. The van der Waals surface area contributed by atoms with Crippen LogP contribution >= 0.6 is 11.3 Å². The summed E-state index contributed by atoms with van der Waals surface area (Å²) in [4.78, 5) is 6.69. The van der Waals surface area contributed by atoms with Gasteiger partial charge in [0.05, 0.1) is 13.1 Å². The first-order chi connectivity index (χ1) is 11.9. The van der Waals surface area contributed by atoms with Crippen molar-refractivity contribution in [2.45, 2.75) is 26.0 Å². The Balaban J connectivity index is 1.98. The summed E-state index contributed by atoms with van der Waals surface area (Å²) < 4.78 is 0. The van der Waals surface area contributed by atoms with Crippen LogP contribution in [0.5, 0.6) is 0 Å². The highest BCUT2D eigenvalue weighted by molar-refractivity contribution is 7.08. The molecule has 0 saturated carbocycles. The molecule has 0 aliphatic rings. The lowest BCUT2D eigenvalue weighted by Crippen LogP contribution is -2.44. The van der Waals surface area contributed by atoms with Crippen LogP contribution in [0.2, 0.25) is 0 Å². The summed E-state index contributed by atoms with van der Waals surface area (Å²) in [7, 11) is 4.06. The number of hydrogen-bond acceptors (Lipinski definition) is 4. The number of thiophene rings is 1. The lowest BCUT2D eigenvalue weighted by molar-refractivity contribution is 0.0621. The molecule has 136 valence electrons. The molecule has 0 amide bonds. The Kier molecular flexibility index (Phi) is 6.84. The van der Waals surface area contributed by atoms with Gasteiger partial charge >= 0.3 is 0 Å². The molecule has 3 N–H and O–H groups in total. The van der Waals surface area contributed by atoms with Crippen molar-refractivity contribution in [2.75, 3.05) is 32.1 Å². The molecule has 0 aliphatic carbocycles. The van der Waals surface area contributed by atoms with Gasteiger partial charge in [-0.3, -0.25) is 0 Å². The average molecular weight is 361 g/mol. The summed E-state index contributed by atoms with van der Waals surface area (Å²) >= 11 is 1.58. The number of guanidine groups is 1. The summed E-state index contributed by atoms with van der Waals surface area (Å²) in [5.41, 5.74) is 2.31. The summed E-state index contributed by atoms with van der Waals surface area (Å²) in [6.45, 7) is 5.59. The number of hydrogen-bond donors (Lipinski definition) is 3. The molecule has 0 spiro atoms. The minimum Gasteiger partial charge on any atom is -0.384 e. The van der Waals surface area contributed by atoms with Crippen molar-refractivity contribution in [2.24, 2.45) is 4.99 Å². The van der Waals surface area contributed by atoms with Crippen LogP contribution in [0.15, 0.2) is 46.1 Å². The van der Waals surface area contributed by atoms with Crippen LogP contribution in [0.25, 0.3) is 0 Å². The zero-order chi connectivity index (χ0) is 18.3. The standard InChI is InChI=1S/C19H28N4OS/c1-5-20-18(22-14-19(2,24)16-10-11-25-13-16)21-12-15-6-8-17(9-7-15)23(3)4/h6-11,13,24H,5,12,14H2,1-4H3,(H2,20,21,22). The Morgan fingerprint density at radius 3 is 2.48 bits per heavy atom. The Hall–Kier alpha value is -2.05. The van der Waals surface area contributed by atoms with Crippen molar-refractivity contribution in [3.8, 4) is 0 Å². The van der Waals surface area contributed by atoms with Gasteiger partial charge in [0.1, 0.15) is 5.60 Å². The fourth-order valence-electron chi connectivity index (χ4n) is 2.34. The molecule has 2 aromatic rings. The molecule has 1 unspecified atom stereocenters. The number of anilines is 1. The molecular weight excluding hydrogens is 332 g/mol. The number of aliphatic imine (C=N–C) groups is 1. The molecule has 0 saturated heterocycles. The highest BCUT2D eigenvalue weighted by Crippen LogP contribution is 2.22. The fourth-order valence-corrected chi connectivity index (χ4v) is 3.12. The normalized spacial score (nSPS) is 14.0. The van der Waals surface area contributed by atoms with Crippen LogP contribution in [0, 0.1) is 0 Å². The van der Waals surface area contributed by atoms with E-state index in [0.717, 1.165) is 17.7 Å². The SMILES string of the molecule is CCNC(=NCc1ccc(N(C)C)cc1)NCC(C)(O)c1ccsc1. The fraction of sp³-hybridized carbons (Fsp3) is 0.421. The van der Waals surface area contributed by atoms with Gasteiger partial charge in [-0.2, -0.15) is 11.3 Å². The Morgan fingerprint density at radius 1 is 1.20 bits per heavy atom. The zero-order valence-corrected chi connectivity index (χ0v) is 16.2. The second kappa shape index (κ2) is 8.87. The van der Waals surface area contributed by atoms with Gasteiger partial charge in [0.15, 0.2) is 5.96 Å². The number of benzene rings is 1. The predicted octanol–water partition coefficient (Wildman–Crippen LogP) is 2.78. The molecule has 1 aromatic carbocycles. The largest absolute Gasteiger partial charge is 0.384 e. The molecular formula is C19H28N4OS. The number of rotatable bonds is 7. The third-order valence-electron chi connectivity index (χ3n) is 3.96. The van der Waals surface area contributed by atoms with E-state index in [4.69, 9.17) is 0 Å². The topological polar surface area (TPSA) is 59.9 Å². The average Bonchev–Trinajstić information content (AvgIpc) is 3.13. The summed E-state index contributed by atoms with van der Waals surface area (Å²) in [6.07, 6.45) is 0.